The summed E-state index contributed by atoms with van der Waals surface area (Å²) in [6.07, 6.45) is 0. The molecule has 0 bridgehead atoms. The third-order valence-electron chi connectivity index (χ3n) is 5.63. The molecule has 0 aliphatic heterocycles. The van der Waals surface area contributed by atoms with Crippen LogP contribution in [0.2, 0.25) is 5.02 Å². The highest BCUT2D eigenvalue weighted by Gasteiger charge is 2.23. The van der Waals surface area contributed by atoms with E-state index in [2.05, 4.69) is 5.32 Å². The van der Waals surface area contributed by atoms with Crippen LogP contribution in [0.3, 0.4) is 0 Å². The van der Waals surface area contributed by atoms with Crippen LogP contribution in [0.4, 0.5) is 5.69 Å². The van der Waals surface area contributed by atoms with Crippen molar-refractivity contribution in [2.75, 3.05) is 19.0 Å². The Labute approximate surface area is 227 Å². The number of nitrogens with zero attached hydrogens (tertiary/aromatic N) is 1. The molecular weight excluding hydrogens is 524 g/mol. The van der Waals surface area contributed by atoms with Crippen LogP contribution in [0.15, 0.2) is 102 Å². The molecule has 4 rings (SSSR count). The van der Waals surface area contributed by atoms with Gasteiger partial charge in [-0.2, -0.15) is 4.31 Å². The molecule has 9 heteroatoms. The zero-order valence-corrected chi connectivity index (χ0v) is 22.5. The predicted molar refractivity (Wildman–Crippen MR) is 149 cm³/mol. The summed E-state index contributed by atoms with van der Waals surface area (Å²) in [5.74, 6) is 1.52. The maximum atomic E-state index is 13.1. The van der Waals surface area contributed by atoms with Crippen molar-refractivity contribution in [3.63, 3.8) is 0 Å². The summed E-state index contributed by atoms with van der Waals surface area (Å²) in [6.45, 7) is 2.24. The molecule has 7 nitrogen and oxygen atoms in total. The molecule has 1 N–H and O–H groups in total. The van der Waals surface area contributed by atoms with Gasteiger partial charge in [0.1, 0.15) is 17.2 Å². The molecule has 4 aromatic carbocycles. The van der Waals surface area contributed by atoms with Crippen molar-refractivity contribution in [1.82, 2.24) is 4.31 Å². The van der Waals surface area contributed by atoms with Crippen molar-refractivity contribution in [2.24, 2.45) is 0 Å². The summed E-state index contributed by atoms with van der Waals surface area (Å²) in [5.41, 5.74) is 1.52. The van der Waals surface area contributed by atoms with E-state index in [4.69, 9.17) is 21.1 Å². The van der Waals surface area contributed by atoms with E-state index in [1.54, 1.807) is 42.5 Å². The molecule has 4 aromatic rings. The predicted octanol–water partition coefficient (Wildman–Crippen LogP) is 6.60. The fourth-order valence-corrected chi connectivity index (χ4v) is 4.96. The van der Waals surface area contributed by atoms with Gasteiger partial charge in [-0.25, -0.2) is 8.42 Å². The number of carbonyl (C=O) groups is 1. The van der Waals surface area contributed by atoms with Crippen LogP contribution in [0.1, 0.15) is 22.8 Å². The fourth-order valence-electron chi connectivity index (χ4n) is 3.69. The maximum Gasteiger partial charge on any atom is 0.255 e. The van der Waals surface area contributed by atoms with E-state index in [0.717, 1.165) is 0 Å². The Bertz CT molecular complexity index is 1490. The standard InChI is InChI=1S/C29H27ClN2O5S/c1-3-36-28-18-9-21(19-22(28)20-32(2)38(34,35)27-16-10-23(30)11-17-27)29(33)31-24-12-14-26(15-13-24)37-25-7-5-4-6-8-25/h4-19H,3,20H2,1-2H3,(H,31,33). The van der Waals surface area contributed by atoms with Crippen LogP contribution in [-0.4, -0.2) is 32.3 Å². The van der Waals surface area contributed by atoms with Gasteiger partial charge in [-0.1, -0.05) is 29.8 Å². The van der Waals surface area contributed by atoms with Crippen molar-refractivity contribution >= 4 is 33.2 Å². The summed E-state index contributed by atoms with van der Waals surface area (Å²) in [7, 11) is -2.31. The zero-order valence-electron chi connectivity index (χ0n) is 20.9. The Morgan fingerprint density at radius 1 is 0.895 bits per heavy atom. The first-order valence-electron chi connectivity index (χ1n) is 11.9. The number of sulfonamides is 1. The average molecular weight is 551 g/mol. The molecule has 0 fully saturated rings. The van der Waals surface area contributed by atoms with E-state index in [1.165, 1.54) is 35.6 Å². The first-order valence-corrected chi connectivity index (χ1v) is 13.7. The Balaban J connectivity index is 1.49. The van der Waals surface area contributed by atoms with Gasteiger partial charge in [0.05, 0.1) is 11.5 Å². The highest BCUT2D eigenvalue weighted by molar-refractivity contribution is 7.89. The Morgan fingerprint density at radius 2 is 1.55 bits per heavy atom. The number of carbonyl (C=O) groups excluding carboxylic acids is 1. The van der Waals surface area contributed by atoms with Crippen LogP contribution >= 0.6 is 11.6 Å². The van der Waals surface area contributed by atoms with E-state index < -0.39 is 10.0 Å². The van der Waals surface area contributed by atoms with Crippen LogP contribution in [-0.2, 0) is 16.6 Å². The number of amides is 1. The highest BCUT2D eigenvalue weighted by atomic mass is 35.5. The second-order valence-corrected chi connectivity index (χ2v) is 10.8. The van der Waals surface area contributed by atoms with Crippen molar-refractivity contribution < 1.29 is 22.7 Å². The number of rotatable bonds is 10. The minimum atomic E-state index is -3.79. The van der Waals surface area contributed by atoms with Crippen LogP contribution in [0.25, 0.3) is 0 Å². The molecule has 0 aromatic heterocycles. The monoisotopic (exact) mass is 550 g/mol. The lowest BCUT2D eigenvalue weighted by Crippen LogP contribution is -2.27. The SMILES string of the molecule is CCOc1ccc(C(=O)Nc2ccc(Oc3ccccc3)cc2)cc1CN(C)S(=O)(=O)c1ccc(Cl)cc1. The van der Waals surface area contributed by atoms with Gasteiger partial charge in [-0.15, -0.1) is 0 Å². The molecule has 0 radical (unpaired) electrons. The Morgan fingerprint density at radius 3 is 2.21 bits per heavy atom. The van der Waals surface area contributed by atoms with Crippen molar-refractivity contribution in [3.8, 4) is 17.2 Å². The minimum absolute atomic E-state index is 0.00688. The normalized spacial score (nSPS) is 11.3. The minimum Gasteiger partial charge on any atom is -0.494 e. The maximum absolute atomic E-state index is 13.1. The Kier molecular flexibility index (Phi) is 8.68. The van der Waals surface area contributed by atoms with Gasteiger partial charge in [0.15, 0.2) is 0 Å². The first kappa shape index (κ1) is 27.2. The topological polar surface area (TPSA) is 84.9 Å². The average Bonchev–Trinajstić information content (AvgIpc) is 2.91. The first-order chi connectivity index (χ1) is 18.3. The molecule has 0 atom stereocenters. The van der Waals surface area contributed by atoms with E-state index in [9.17, 15) is 13.2 Å². The van der Waals surface area contributed by atoms with Crippen molar-refractivity contribution in [1.29, 1.82) is 0 Å². The molecule has 196 valence electrons. The smallest absolute Gasteiger partial charge is 0.255 e. The zero-order chi connectivity index (χ0) is 27.1. The van der Waals surface area contributed by atoms with Gasteiger partial charge in [0.2, 0.25) is 10.0 Å². The Hall–Kier alpha value is -3.85. The van der Waals surface area contributed by atoms with Crippen LogP contribution in [0, 0.1) is 0 Å². The highest BCUT2D eigenvalue weighted by Crippen LogP contribution is 2.27. The van der Waals surface area contributed by atoms with Crippen molar-refractivity contribution in [3.05, 3.63) is 113 Å². The van der Waals surface area contributed by atoms with Gasteiger partial charge in [0.25, 0.3) is 5.91 Å². The van der Waals surface area contributed by atoms with Gasteiger partial charge >= 0.3 is 0 Å². The molecular formula is C29H27ClN2O5S. The third-order valence-corrected chi connectivity index (χ3v) is 7.70. The molecule has 0 heterocycles. The van der Waals surface area contributed by atoms with Crippen LogP contribution < -0.4 is 14.8 Å². The van der Waals surface area contributed by atoms with Gasteiger partial charge < -0.3 is 14.8 Å². The summed E-state index contributed by atoms with van der Waals surface area (Å²) in [5, 5.41) is 3.31. The van der Waals surface area contributed by atoms with Gasteiger partial charge in [-0.05, 0) is 85.8 Å². The number of halogens is 1. The summed E-state index contributed by atoms with van der Waals surface area (Å²) >= 11 is 5.90. The quantitative estimate of drug-likeness (QED) is 0.240. The number of benzene rings is 4. The van der Waals surface area contributed by atoms with Gasteiger partial charge in [0, 0.05) is 35.4 Å². The molecule has 0 spiro atoms. The molecule has 0 saturated carbocycles. The van der Waals surface area contributed by atoms with E-state index >= 15 is 0 Å². The summed E-state index contributed by atoms with van der Waals surface area (Å²) in [4.78, 5) is 13.1. The van der Waals surface area contributed by atoms with Gasteiger partial charge in [-0.3, -0.25) is 4.79 Å². The van der Waals surface area contributed by atoms with E-state index in [1.807, 2.05) is 37.3 Å². The second-order valence-electron chi connectivity index (χ2n) is 8.36. The largest absolute Gasteiger partial charge is 0.494 e. The molecule has 0 aliphatic rings. The number of anilines is 1. The fraction of sp³-hybridized carbons (Fsp3) is 0.138. The molecule has 38 heavy (non-hydrogen) atoms. The number of hydrogen-bond donors (Lipinski definition) is 1. The molecule has 0 aliphatic carbocycles. The van der Waals surface area contributed by atoms with E-state index in [0.29, 0.717) is 45.7 Å². The molecule has 1 amide bonds. The summed E-state index contributed by atoms with van der Waals surface area (Å²) in [6, 6.07) is 27.4. The van der Waals surface area contributed by atoms with E-state index in [-0.39, 0.29) is 17.3 Å². The third kappa shape index (κ3) is 6.72. The number of nitrogens with one attached hydrogen (secondary N) is 1. The molecule has 0 unspecified atom stereocenters. The van der Waals surface area contributed by atoms with Crippen molar-refractivity contribution in [2.45, 2.75) is 18.4 Å². The number of para-hydroxylation sites is 1. The number of ether oxygens (including phenoxy) is 2. The summed E-state index contributed by atoms with van der Waals surface area (Å²) < 4.78 is 38.8. The number of hydrogen-bond acceptors (Lipinski definition) is 5. The van der Waals surface area contributed by atoms with Crippen LogP contribution in [0.5, 0.6) is 17.2 Å². The second kappa shape index (κ2) is 12.1. The molecule has 0 saturated heterocycles. The lowest BCUT2D eigenvalue weighted by atomic mass is 10.1. The lowest BCUT2D eigenvalue weighted by Gasteiger charge is -2.20. The lowest BCUT2D eigenvalue weighted by molar-refractivity contribution is 0.102.